The fourth-order valence-electron chi connectivity index (χ4n) is 2.25. The third-order valence-corrected chi connectivity index (χ3v) is 5.13. The van der Waals surface area contributed by atoms with Gasteiger partial charge in [0.05, 0.1) is 5.60 Å². The zero-order valence-corrected chi connectivity index (χ0v) is 13.1. The van der Waals surface area contributed by atoms with Crippen LogP contribution in [-0.2, 0) is 26.1 Å². The molecule has 1 saturated heterocycles. The Balaban J connectivity index is 2.07. The van der Waals surface area contributed by atoms with E-state index >= 15 is 0 Å². The first-order valence-electron chi connectivity index (χ1n) is 6.57. The first-order chi connectivity index (χ1) is 9.68. The number of carboxylic acid groups (broad SMARTS) is 1. The third kappa shape index (κ3) is 3.09. The van der Waals surface area contributed by atoms with Crippen molar-refractivity contribution in [2.75, 3.05) is 19.7 Å². The molecule has 21 heavy (non-hydrogen) atoms. The number of aliphatic carboxylic acids is 1. The molecule has 1 aromatic heterocycles. The Hall–Kier alpha value is -1.45. The number of aryl methyl sites for hydroxylation is 2. The molecule has 9 heteroatoms. The van der Waals surface area contributed by atoms with Crippen LogP contribution >= 0.6 is 0 Å². The highest BCUT2D eigenvalue weighted by Crippen LogP contribution is 2.30. The molecule has 0 radical (unpaired) electrons. The number of nitrogens with zero attached hydrogens (tertiary/aromatic N) is 3. The normalized spacial score (nSPS) is 18.4. The van der Waals surface area contributed by atoms with Crippen LogP contribution in [0.5, 0.6) is 0 Å². The minimum atomic E-state index is -3.65. The highest BCUT2D eigenvalue weighted by atomic mass is 32.2. The van der Waals surface area contributed by atoms with Crippen molar-refractivity contribution in [3.05, 3.63) is 12.0 Å². The van der Waals surface area contributed by atoms with Gasteiger partial charge in [-0.05, 0) is 20.8 Å². The maximum Gasteiger partial charge on any atom is 0.329 e. The van der Waals surface area contributed by atoms with Gasteiger partial charge in [0.1, 0.15) is 12.4 Å². The number of rotatable bonds is 6. The molecular weight excluding hydrogens is 298 g/mol. The standard InChI is InChI=1S/C12H19N3O5S/c1-4-14-5-10(13-9(14)2)21(18,19)15-7-12(3,8-15)20-6-11(16)17/h5H,4,6-8H2,1-3H3,(H,16,17). The van der Waals surface area contributed by atoms with E-state index in [1.54, 1.807) is 18.4 Å². The molecule has 1 aliphatic rings. The summed E-state index contributed by atoms with van der Waals surface area (Å²) in [5, 5.41) is 8.61. The average Bonchev–Trinajstić information content (AvgIpc) is 2.75. The molecule has 0 atom stereocenters. The zero-order valence-electron chi connectivity index (χ0n) is 12.2. The number of carboxylic acids is 1. The van der Waals surface area contributed by atoms with Gasteiger partial charge in [-0.2, -0.15) is 4.31 Å². The fourth-order valence-corrected chi connectivity index (χ4v) is 3.91. The Morgan fingerprint density at radius 1 is 1.52 bits per heavy atom. The lowest BCUT2D eigenvalue weighted by Crippen LogP contribution is -2.63. The van der Waals surface area contributed by atoms with E-state index in [-0.39, 0.29) is 18.1 Å². The van der Waals surface area contributed by atoms with Gasteiger partial charge in [0.15, 0.2) is 5.03 Å². The van der Waals surface area contributed by atoms with Crippen LogP contribution in [0.3, 0.4) is 0 Å². The van der Waals surface area contributed by atoms with E-state index < -0.39 is 28.2 Å². The van der Waals surface area contributed by atoms with Gasteiger partial charge in [-0.1, -0.05) is 0 Å². The van der Waals surface area contributed by atoms with Crippen molar-refractivity contribution in [1.29, 1.82) is 0 Å². The maximum atomic E-state index is 12.4. The second-order valence-electron chi connectivity index (χ2n) is 5.32. The lowest BCUT2D eigenvalue weighted by molar-refractivity contribution is -0.157. The summed E-state index contributed by atoms with van der Waals surface area (Å²) in [6, 6.07) is 0. The molecule has 1 aliphatic heterocycles. The first-order valence-corrected chi connectivity index (χ1v) is 8.01. The van der Waals surface area contributed by atoms with Crippen molar-refractivity contribution < 1.29 is 23.1 Å². The summed E-state index contributed by atoms with van der Waals surface area (Å²) in [7, 11) is -3.65. The van der Waals surface area contributed by atoms with Gasteiger partial charge < -0.3 is 14.4 Å². The Morgan fingerprint density at radius 2 is 2.14 bits per heavy atom. The Labute approximate surface area is 123 Å². The van der Waals surface area contributed by atoms with E-state index in [4.69, 9.17) is 9.84 Å². The number of imidazole rings is 1. The van der Waals surface area contributed by atoms with Crippen LogP contribution in [0.1, 0.15) is 19.7 Å². The third-order valence-electron chi connectivity index (χ3n) is 3.46. The molecule has 0 aromatic carbocycles. The molecule has 8 nitrogen and oxygen atoms in total. The Morgan fingerprint density at radius 3 is 2.62 bits per heavy atom. The topological polar surface area (TPSA) is 102 Å². The summed E-state index contributed by atoms with van der Waals surface area (Å²) in [4.78, 5) is 14.6. The lowest BCUT2D eigenvalue weighted by Gasteiger charge is -2.45. The first kappa shape index (κ1) is 15.9. The molecular formula is C12H19N3O5S. The average molecular weight is 317 g/mol. The van der Waals surface area contributed by atoms with Crippen molar-refractivity contribution in [3.8, 4) is 0 Å². The highest BCUT2D eigenvalue weighted by molar-refractivity contribution is 7.89. The van der Waals surface area contributed by atoms with Crippen molar-refractivity contribution in [2.45, 2.75) is 37.9 Å². The smallest absolute Gasteiger partial charge is 0.329 e. The van der Waals surface area contributed by atoms with Crippen LogP contribution in [0.2, 0.25) is 0 Å². The van der Waals surface area contributed by atoms with Crippen molar-refractivity contribution >= 4 is 16.0 Å². The van der Waals surface area contributed by atoms with E-state index in [1.807, 2.05) is 6.92 Å². The zero-order chi connectivity index (χ0) is 15.8. The molecule has 2 heterocycles. The number of ether oxygens (including phenoxy) is 1. The van der Waals surface area contributed by atoms with E-state index in [2.05, 4.69) is 4.98 Å². The maximum absolute atomic E-state index is 12.4. The SMILES string of the molecule is CCn1cc(S(=O)(=O)N2CC(C)(OCC(=O)O)C2)nc1C. The number of hydrogen-bond acceptors (Lipinski definition) is 5. The Bertz CT molecular complexity index is 646. The molecule has 0 unspecified atom stereocenters. The van der Waals surface area contributed by atoms with Gasteiger partial charge in [0.2, 0.25) is 0 Å². The molecule has 118 valence electrons. The summed E-state index contributed by atoms with van der Waals surface area (Å²) < 4.78 is 33.0. The highest BCUT2D eigenvalue weighted by Gasteiger charge is 2.47. The van der Waals surface area contributed by atoms with Crippen molar-refractivity contribution in [1.82, 2.24) is 13.9 Å². The summed E-state index contributed by atoms with van der Waals surface area (Å²) in [6.45, 7) is 5.81. The van der Waals surface area contributed by atoms with Gasteiger partial charge in [0, 0.05) is 25.8 Å². The molecule has 0 bridgehead atoms. The summed E-state index contributed by atoms with van der Waals surface area (Å²) in [6.07, 6.45) is 1.51. The predicted molar refractivity (Wildman–Crippen MR) is 73.4 cm³/mol. The molecule has 0 aliphatic carbocycles. The molecule has 0 spiro atoms. The van der Waals surface area contributed by atoms with Crippen molar-refractivity contribution in [3.63, 3.8) is 0 Å². The monoisotopic (exact) mass is 317 g/mol. The summed E-state index contributed by atoms with van der Waals surface area (Å²) in [5.41, 5.74) is -0.756. The van der Waals surface area contributed by atoms with E-state index in [1.165, 1.54) is 10.5 Å². The van der Waals surface area contributed by atoms with Crippen LogP contribution in [0.15, 0.2) is 11.2 Å². The predicted octanol–water partition coefficient (Wildman–Crippen LogP) is 0.0756. The quantitative estimate of drug-likeness (QED) is 0.797. The lowest BCUT2D eigenvalue weighted by atomic mass is 10.0. The van der Waals surface area contributed by atoms with E-state index in [0.29, 0.717) is 12.4 Å². The second-order valence-corrected chi connectivity index (χ2v) is 7.20. The van der Waals surface area contributed by atoms with E-state index in [0.717, 1.165) is 0 Å². The van der Waals surface area contributed by atoms with Crippen LogP contribution in [0.4, 0.5) is 0 Å². The molecule has 0 saturated carbocycles. The van der Waals surface area contributed by atoms with Gasteiger partial charge in [-0.25, -0.2) is 18.2 Å². The fraction of sp³-hybridized carbons (Fsp3) is 0.667. The van der Waals surface area contributed by atoms with Gasteiger partial charge in [0.25, 0.3) is 10.0 Å². The number of carbonyl (C=O) groups is 1. The van der Waals surface area contributed by atoms with Gasteiger partial charge in [-0.15, -0.1) is 0 Å². The van der Waals surface area contributed by atoms with E-state index in [9.17, 15) is 13.2 Å². The summed E-state index contributed by atoms with van der Waals surface area (Å²) >= 11 is 0. The number of aromatic nitrogens is 2. The van der Waals surface area contributed by atoms with Gasteiger partial charge >= 0.3 is 5.97 Å². The van der Waals surface area contributed by atoms with Crippen molar-refractivity contribution in [2.24, 2.45) is 0 Å². The Kier molecular flexibility index (Phi) is 4.09. The van der Waals surface area contributed by atoms with Crippen LogP contribution in [0.25, 0.3) is 0 Å². The van der Waals surface area contributed by atoms with Crippen LogP contribution in [-0.4, -0.2) is 58.6 Å². The summed E-state index contributed by atoms with van der Waals surface area (Å²) in [5.74, 6) is -0.434. The molecule has 1 aromatic rings. The number of hydrogen-bond donors (Lipinski definition) is 1. The minimum absolute atomic E-state index is 0.0159. The largest absolute Gasteiger partial charge is 0.480 e. The molecule has 1 N–H and O–H groups in total. The number of sulfonamides is 1. The van der Waals surface area contributed by atoms with Gasteiger partial charge in [-0.3, -0.25) is 0 Å². The van der Waals surface area contributed by atoms with Crippen LogP contribution in [0, 0.1) is 6.92 Å². The van der Waals surface area contributed by atoms with Crippen LogP contribution < -0.4 is 0 Å². The second kappa shape index (κ2) is 5.39. The molecule has 1 fully saturated rings. The molecule has 0 amide bonds. The molecule has 2 rings (SSSR count). The minimum Gasteiger partial charge on any atom is -0.480 e.